The predicted octanol–water partition coefficient (Wildman–Crippen LogP) is 6.23. The minimum Gasteiger partial charge on any atom is -0.497 e. The van der Waals surface area contributed by atoms with Crippen LogP contribution in [0.3, 0.4) is 0 Å². The molecule has 41 heavy (non-hydrogen) atoms. The summed E-state index contributed by atoms with van der Waals surface area (Å²) in [6.07, 6.45) is -1.81. The van der Waals surface area contributed by atoms with E-state index in [0.29, 0.717) is 29.6 Å². The SMILES string of the molecule is COc1ccc(CNc2ncc(C)c3n[nH]c(-c4ccc(C(=O)Nc5cc(C(F)(F)F)ccn5)cc4)c23)c(OC)c1. The lowest BCUT2D eigenvalue weighted by atomic mass is 10.0. The van der Waals surface area contributed by atoms with Gasteiger partial charge in [-0.05, 0) is 48.9 Å². The number of anilines is 2. The topological polar surface area (TPSA) is 114 Å². The number of methoxy groups -OCH3 is 2. The third-order valence-corrected chi connectivity index (χ3v) is 6.47. The molecule has 0 spiro atoms. The van der Waals surface area contributed by atoms with Gasteiger partial charge in [0.2, 0.25) is 0 Å². The van der Waals surface area contributed by atoms with E-state index in [1.54, 1.807) is 50.7 Å². The van der Waals surface area contributed by atoms with Crippen molar-refractivity contribution in [1.29, 1.82) is 0 Å². The normalized spacial score (nSPS) is 11.4. The van der Waals surface area contributed by atoms with Crippen LogP contribution in [0.15, 0.2) is 67.0 Å². The molecule has 5 rings (SSSR count). The number of H-pyrrole nitrogens is 1. The average molecular weight is 563 g/mol. The molecule has 1 amide bonds. The third kappa shape index (κ3) is 5.76. The van der Waals surface area contributed by atoms with Crippen molar-refractivity contribution in [3.8, 4) is 22.8 Å². The van der Waals surface area contributed by atoms with E-state index in [1.807, 2.05) is 19.1 Å². The molecule has 5 aromatic rings. The van der Waals surface area contributed by atoms with E-state index in [1.165, 1.54) is 0 Å². The number of amides is 1. The van der Waals surface area contributed by atoms with Crippen molar-refractivity contribution < 1.29 is 27.4 Å². The number of aromatic nitrogens is 4. The highest BCUT2D eigenvalue weighted by Crippen LogP contribution is 2.34. The molecule has 2 aromatic carbocycles. The van der Waals surface area contributed by atoms with Gasteiger partial charge in [0.05, 0.1) is 30.9 Å². The first-order chi connectivity index (χ1) is 19.7. The minimum atomic E-state index is -4.54. The van der Waals surface area contributed by atoms with E-state index >= 15 is 0 Å². The summed E-state index contributed by atoms with van der Waals surface area (Å²) in [4.78, 5) is 21.1. The fourth-order valence-corrected chi connectivity index (χ4v) is 4.32. The molecule has 0 radical (unpaired) electrons. The Morgan fingerprint density at radius 3 is 2.49 bits per heavy atom. The number of nitrogens with zero attached hydrogens (tertiary/aromatic N) is 3. The van der Waals surface area contributed by atoms with Gasteiger partial charge in [-0.3, -0.25) is 9.89 Å². The minimum absolute atomic E-state index is 0.195. The zero-order chi connectivity index (χ0) is 29.1. The van der Waals surface area contributed by atoms with E-state index in [0.717, 1.165) is 45.9 Å². The molecule has 0 aliphatic rings. The van der Waals surface area contributed by atoms with Gasteiger partial charge in [0.25, 0.3) is 5.91 Å². The number of carbonyl (C=O) groups is 1. The first-order valence-corrected chi connectivity index (χ1v) is 12.4. The molecular weight excluding hydrogens is 537 g/mol. The summed E-state index contributed by atoms with van der Waals surface area (Å²) in [6.45, 7) is 2.33. The fraction of sp³-hybridized carbons (Fsp3) is 0.172. The Labute approximate surface area is 232 Å². The van der Waals surface area contributed by atoms with Crippen molar-refractivity contribution >= 4 is 28.4 Å². The van der Waals surface area contributed by atoms with Crippen LogP contribution in [-0.4, -0.2) is 40.3 Å². The van der Waals surface area contributed by atoms with Gasteiger partial charge in [-0.25, -0.2) is 9.97 Å². The number of fused-ring (bicyclic) bond motifs is 1. The highest BCUT2D eigenvalue weighted by molar-refractivity contribution is 6.05. The van der Waals surface area contributed by atoms with Gasteiger partial charge < -0.3 is 20.1 Å². The molecule has 0 aliphatic carbocycles. The standard InChI is InChI=1S/C29H25F3N6O3/c1-16-14-34-27(35-15-19-8-9-21(40-2)13-22(19)41-3)24-25(16)37-38-26(24)17-4-6-18(7-5-17)28(39)36-23-12-20(10-11-33-23)29(30,31)32/h4-14H,15H2,1-3H3,(H,34,35)(H,37,38)(H,33,36,39). The van der Waals surface area contributed by atoms with Crippen LogP contribution >= 0.6 is 0 Å². The zero-order valence-corrected chi connectivity index (χ0v) is 22.3. The van der Waals surface area contributed by atoms with Gasteiger partial charge in [-0.15, -0.1) is 0 Å². The van der Waals surface area contributed by atoms with Crippen LogP contribution in [0.2, 0.25) is 0 Å². The molecule has 0 bridgehead atoms. The summed E-state index contributed by atoms with van der Waals surface area (Å²) in [5.41, 5.74) is 3.28. The second-order valence-electron chi connectivity index (χ2n) is 9.10. The van der Waals surface area contributed by atoms with Gasteiger partial charge in [0.15, 0.2) is 0 Å². The summed E-state index contributed by atoms with van der Waals surface area (Å²) in [6, 6.07) is 13.8. The van der Waals surface area contributed by atoms with Gasteiger partial charge in [0, 0.05) is 41.7 Å². The Morgan fingerprint density at radius 1 is 1.00 bits per heavy atom. The maximum Gasteiger partial charge on any atom is 0.416 e. The number of aryl methyl sites for hydroxylation is 1. The second kappa shape index (κ2) is 11.2. The lowest BCUT2D eigenvalue weighted by Crippen LogP contribution is -2.14. The van der Waals surface area contributed by atoms with Crippen molar-refractivity contribution in [2.75, 3.05) is 24.9 Å². The maximum atomic E-state index is 13.0. The molecular formula is C29H25F3N6O3. The summed E-state index contributed by atoms with van der Waals surface area (Å²) in [7, 11) is 3.18. The maximum absolute atomic E-state index is 13.0. The molecule has 0 aliphatic heterocycles. The summed E-state index contributed by atoms with van der Waals surface area (Å²) < 4.78 is 49.8. The number of ether oxygens (including phenoxy) is 2. The lowest BCUT2D eigenvalue weighted by molar-refractivity contribution is -0.137. The van der Waals surface area contributed by atoms with Gasteiger partial charge in [-0.2, -0.15) is 18.3 Å². The highest BCUT2D eigenvalue weighted by Gasteiger charge is 2.31. The van der Waals surface area contributed by atoms with E-state index < -0.39 is 17.6 Å². The average Bonchev–Trinajstić information content (AvgIpc) is 3.43. The highest BCUT2D eigenvalue weighted by atomic mass is 19.4. The lowest BCUT2D eigenvalue weighted by Gasteiger charge is -2.13. The number of hydrogen-bond donors (Lipinski definition) is 3. The van der Waals surface area contributed by atoms with Crippen molar-refractivity contribution in [3.05, 3.63) is 89.2 Å². The number of alkyl halides is 3. The van der Waals surface area contributed by atoms with Crippen molar-refractivity contribution in [1.82, 2.24) is 20.2 Å². The zero-order valence-electron chi connectivity index (χ0n) is 22.3. The Bertz CT molecular complexity index is 1720. The number of halogens is 3. The summed E-state index contributed by atoms with van der Waals surface area (Å²) >= 11 is 0. The van der Waals surface area contributed by atoms with E-state index in [-0.39, 0.29) is 11.4 Å². The molecule has 3 aromatic heterocycles. The number of aromatic amines is 1. The molecule has 9 nitrogen and oxygen atoms in total. The monoisotopic (exact) mass is 562 g/mol. The van der Waals surface area contributed by atoms with Crippen LogP contribution in [0.25, 0.3) is 22.2 Å². The van der Waals surface area contributed by atoms with Crippen molar-refractivity contribution in [2.24, 2.45) is 0 Å². The fourth-order valence-electron chi connectivity index (χ4n) is 4.32. The van der Waals surface area contributed by atoms with E-state index in [9.17, 15) is 18.0 Å². The number of rotatable bonds is 8. The van der Waals surface area contributed by atoms with Crippen LogP contribution in [0.5, 0.6) is 11.5 Å². The van der Waals surface area contributed by atoms with Gasteiger partial charge >= 0.3 is 6.18 Å². The molecule has 3 heterocycles. The largest absolute Gasteiger partial charge is 0.497 e. The number of nitrogens with one attached hydrogen (secondary N) is 3. The molecule has 0 fully saturated rings. The Balaban J connectivity index is 1.39. The molecule has 0 saturated heterocycles. The molecule has 3 N–H and O–H groups in total. The van der Waals surface area contributed by atoms with Crippen molar-refractivity contribution in [2.45, 2.75) is 19.6 Å². The van der Waals surface area contributed by atoms with E-state index in [4.69, 9.17) is 9.47 Å². The predicted molar refractivity (Wildman–Crippen MR) is 148 cm³/mol. The smallest absolute Gasteiger partial charge is 0.416 e. The Morgan fingerprint density at radius 2 is 1.78 bits per heavy atom. The first kappa shape index (κ1) is 27.4. The molecule has 0 saturated carbocycles. The first-order valence-electron chi connectivity index (χ1n) is 12.4. The second-order valence-corrected chi connectivity index (χ2v) is 9.10. The quantitative estimate of drug-likeness (QED) is 0.205. The number of carbonyl (C=O) groups excluding carboxylic acids is 1. The van der Waals surface area contributed by atoms with E-state index in [2.05, 4.69) is 30.8 Å². The van der Waals surface area contributed by atoms with Gasteiger partial charge in [-0.1, -0.05) is 12.1 Å². The van der Waals surface area contributed by atoms with Crippen LogP contribution in [0.4, 0.5) is 24.8 Å². The number of hydrogen-bond acceptors (Lipinski definition) is 7. The Kier molecular flexibility index (Phi) is 7.47. The number of benzene rings is 2. The van der Waals surface area contributed by atoms with Gasteiger partial charge in [0.1, 0.15) is 28.7 Å². The molecule has 210 valence electrons. The molecule has 0 atom stereocenters. The third-order valence-electron chi connectivity index (χ3n) is 6.47. The summed E-state index contributed by atoms with van der Waals surface area (Å²) in [5, 5.41) is 14.1. The number of pyridine rings is 2. The van der Waals surface area contributed by atoms with Crippen LogP contribution in [0.1, 0.15) is 27.0 Å². The van der Waals surface area contributed by atoms with Crippen molar-refractivity contribution in [3.63, 3.8) is 0 Å². The Hall–Kier alpha value is -5.13. The molecule has 12 heteroatoms. The summed E-state index contributed by atoms with van der Waals surface area (Å²) in [5.74, 6) is 1.17. The van der Waals surface area contributed by atoms with Crippen LogP contribution in [0, 0.1) is 6.92 Å². The molecule has 0 unspecified atom stereocenters. The van der Waals surface area contributed by atoms with Crippen LogP contribution < -0.4 is 20.1 Å². The van der Waals surface area contributed by atoms with Crippen LogP contribution in [-0.2, 0) is 12.7 Å².